The van der Waals surface area contributed by atoms with Crippen LogP contribution in [0.1, 0.15) is 17.3 Å². The van der Waals surface area contributed by atoms with Gasteiger partial charge in [0.05, 0.1) is 11.5 Å². The minimum absolute atomic E-state index is 0.0282. The van der Waals surface area contributed by atoms with Crippen molar-refractivity contribution in [3.8, 4) is 0 Å². The van der Waals surface area contributed by atoms with Gasteiger partial charge in [0.1, 0.15) is 0 Å². The van der Waals surface area contributed by atoms with Crippen LogP contribution in [0.4, 0.5) is 0 Å². The lowest BCUT2D eigenvalue weighted by Gasteiger charge is -2.41. The Balaban J connectivity index is 2.04. The van der Waals surface area contributed by atoms with Crippen LogP contribution in [0.5, 0.6) is 0 Å². The minimum Gasteiger partial charge on any atom is -0.481 e. The molecule has 1 aliphatic rings. The van der Waals surface area contributed by atoms with Crippen LogP contribution in [0, 0.1) is 15.4 Å². The van der Waals surface area contributed by atoms with E-state index in [1.54, 1.807) is 17.9 Å². The number of carboxylic acid groups (broad SMARTS) is 1. The Morgan fingerprint density at radius 3 is 2.68 bits per heavy atom. The molecule has 1 amide bonds. The molecule has 19 heavy (non-hydrogen) atoms. The Bertz CT molecular complexity index is 529. The van der Waals surface area contributed by atoms with E-state index in [1.165, 1.54) is 0 Å². The highest BCUT2D eigenvalue weighted by molar-refractivity contribution is 14.1. The van der Waals surface area contributed by atoms with E-state index in [0.717, 1.165) is 8.04 Å². The lowest BCUT2D eigenvalue weighted by atomic mass is 9.86. The Hall–Kier alpha value is -0.630. The van der Waals surface area contributed by atoms with Crippen LogP contribution < -0.4 is 0 Å². The summed E-state index contributed by atoms with van der Waals surface area (Å²) in [6.45, 7) is 2.74. The van der Waals surface area contributed by atoms with Gasteiger partial charge in [-0.15, -0.1) is 0 Å². The number of hydrogen-bond donors (Lipinski definition) is 1. The standard InChI is InChI=1S/C13H13BrINO3/c1-7(13(18)19)8-5-16(6-8)12(17)10-4-9(14)2-3-11(10)15/h2-4,7-8H,5-6H2,1H3,(H,18,19). The van der Waals surface area contributed by atoms with Gasteiger partial charge < -0.3 is 10.0 Å². The van der Waals surface area contributed by atoms with Crippen molar-refractivity contribution >= 4 is 50.4 Å². The summed E-state index contributed by atoms with van der Waals surface area (Å²) in [7, 11) is 0. The number of aliphatic carboxylic acids is 1. The van der Waals surface area contributed by atoms with Gasteiger partial charge in [-0.3, -0.25) is 9.59 Å². The van der Waals surface area contributed by atoms with Crippen LogP contribution in [0.3, 0.4) is 0 Å². The van der Waals surface area contributed by atoms with Crippen LogP contribution >= 0.6 is 38.5 Å². The largest absolute Gasteiger partial charge is 0.481 e. The molecule has 1 N–H and O–H groups in total. The van der Waals surface area contributed by atoms with E-state index in [0.29, 0.717) is 18.7 Å². The number of benzene rings is 1. The number of rotatable bonds is 3. The van der Waals surface area contributed by atoms with E-state index in [-0.39, 0.29) is 11.8 Å². The topological polar surface area (TPSA) is 57.6 Å². The van der Waals surface area contributed by atoms with Gasteiger partial charge in [-0.25, -0.2) is 0 Å². The average Bonchev–Trinajstić information content (AvgIpc) is 2.29. The lowest BCUT2D eigenvalue weighted by molar-refractivity contribution is -0.144. The molecule has 4 nitrogen and oxygen atoms in total. The number of likely N-dealkylation sites (tertiary alicyclic amines) is 1. The third kappa shape index (κ3) is 3.10. The van der Waals surface area contributed by atoms with Gasteiger partial charge in [0.15, 0.2) is 0 Å². The fraction of sp³-hybridized carbons (Fsp3) is 0.385. The van der Waals surface area contributed by atoms with Crippen molar-refractivity contribution in [3.63, 3.8) is 0 Å². The summed E-state index contributed by atoms with van der Waals surface area (Å²) in [6, 6.07) is 5.58. The van der Waals surface area contributed by atoms with Crippen molar-refractivity contribution < 1.29 is 14.7 Å². The van der Waals surface area contributed by atoms with Crippen LogP contribution in [0.15, 0.2) is 22.7 Å². The maximum absolute atomic E-state index is 12.3. The maximum Gasteiger partial charge on any atom is 0.306 e. The second-order valence-corrected chi connectivity index (χ2v) is 6.80. The normalized spacial score (nSPS) is 16.9. The number of halogens is 2. The molecule has 1 aromatic rings. The first kappa shape index (κ1) is 14.8. The molecule has 0 radical (unpaired) electrons. The smallest absolute Gasteiger partial charge is 0.306 e. The Labute approximate surface area is 133 Å². The monoisotopic (exact) mass is 437 g/mol. The fourth-order valence-corrected chi connectivity index (χ4v) is 2.96. The summed E-state index contributed by atoms with van der Waals surface area (Å²) in [6.07, 6.45) is 0. The quantitative estimate of drug-likeness (QED) is 0.739. The first-order valence-corrected chi connectivity index (χ1v) is 7.74. The summed E-state index contributed by atoms with van der Waals surface area (Å²) in [5, 5.41) is 8.93. The Kier molecular flexibility index (Phi) is 4.50. The van der Waals surface area contributed by atoms with E-state index in [9.17, 15) is 9.59 Å². The predicted molar refractivity (Wildman–Crippen MR) is 83.1 cm³/mol. The molecule has 0 aromatic heterocycles. The average molecular weight is 438 g/mol. The summed E-state index contributed by atoms with van der Waals surface area (Å²) in [4.78, 5) is 24.9. The molecule has 2 rings (SSSR count). The van der Waals surface area contributed by atoms with Crippen LogP contribution in [-0.4, -0.2) is 35.0 Å². The van der Waals surface area contributed by atoms with Gasteiger partial charge in [-0.2, -0.15) is 0 Å². The molecule has 102 valence electrons. The third-order valence-corrected chi connectivity index (χ3v) is 4.89. The molecule has 1 atom stereocenters. The molecule has 1 aromatic carbocycles. The summed E-state index contributed by atoms with van der Waals surface area (Å²) >= 11 is 5.49. The highest BCUT2D eigenvalue weighted by Gasteiger charge is 2.37. The molecular weight excluding hydrogens is 425 g/mol. The van der Waals surface area contributed by atoms with E-state index in [1.807, 2.05) is 12.1 Å². The lowest BCUT2D eigenvalue weighted by Crippen LogP contribution is -2.53. The Morgan fingerprint density at radius 1 is 1.47 bits per heavy atom. The van der Waals surface area contributed by atoms with Crippen molar-refractivity contribution in [3.05, 3.63) is 31.8 Å². The first-order valence-electron chi connectivity index (χ1n) is 5.87. The van der Waals surface area contributed by atoms with E-state index in [4.69, 9.17) is 5.11 Å². The zero-order valence-corrected chi connectivity index (χ0v) is 14.0. The van der Waals surface area contributed by atoms with Gasteiger partial charge in [-0.1, -0.05) is 22.9 Å². The molecule has 0 saturated carbocycles. The maximum atomic E-state index is 12.3. The molecule has 1 aliphatic heterocycles. The number of hydrogen-bond acceptors (Lipinski definition) is 2. The van der Waals surface area contributed by atoms with Crippen LogP contribution in [0.2, 0.25) is 0 Å². The number of amides is 1. The van der Waals surface area contributed by atoms with Gasteiger partial charge in [0, 0.05) is 27.1 Å². The number of carbonyl (C=O) groups is 2. The molecule has 0 bridgehead atoms. The van der Waals surface area contributed by atoms with E-state index < -0.39 is 11.9 Å². The number of carboxylic acids is 1. The summed E-state index contributed by atoms with van der Waals surface area (Å²) in [5.41, 5.74) is 0.663. The highest BCUT2D eigenvalue weighted by atomic mass is 127. The van der Waals surface area contributed by atoms with Crippen molar-refractivity contribution in [2.75, 3.05) is 13.1 Å². The van der Waals surface area contributed by atoms with Gasteiger partial charge >= 0.3 is 5.97 Å². The van der Waals surface area contributed by atoms with Gasteiger partial charge in [0.2, 0.25) is 0 Å². The zero-order valence-electron chi connectivity index (χ0n) is 10.3. The number of carbonyl (C=O) groups excluding carboxylic acids is 1. The van der Waals surface area contributed by atoms with Crippen molar-refractivity contribution in [2.24, 2.45) is 11.8 Å². The molecule has 0 aliphatic carbocycles. The zero-order chi connectivity index (χ0) is 14.2. The SMILES string of the molecule is CC(C(=O)O)C1CN(C(=O)c2cc(Br)ccc2I)C1. The molecule has 6 heteroatoms. The highest BCUT2D eigenvalue weighted by Crippen LogP contribution is 2.27. The van der Waals surface area contributed by atoms with E-state index in [2.05, 4.69) is 38.5 Å². The fourth-order valence-electron chi connectivity index (χ4n) is 2.03. The number of nitrogens with zero attached hydrogens (tertiary/aromatic N) is 1. The van der Waals surface area contributed by atoms with Crippen molar-refractivity contribution in [2.45, 2.75) is 6.92 Å². The van der Waals surface area contributed by atoms with Crippen LogP contribution in [0.25, 0.3) is 0 Å². The molecular formula is C13H13BrINO3. The van der Waals surface area contributed by atoms with Gasteiger partial charge in [0.25, 0.3) is 5.91 Å². The minimum atomic E-state index is -0.797. The van der Waals surface area contributed by atoms with Crippen molar-refractivity contribution in [1.82, 2.24) is 4.90 Å². The van der Waals surface area contributed by atoms with Crippen molar-refractivity contribution in [1.29, 1.82) is 0 Å². The van der Waals surface area contributed by atoms with E-state index >= 15 is 0 Å². The summed E-state index contributed by atoms with van der Waals surface area (Å²) < 4.78 is 1.77. The Morgan fingerprint density at radius 2 is 2.11 bits per heavy atom. The van der Waals surface area contributed by atoms with Crippen LogP contribution in [-0.2, 0) is 4.79 Å². The molecule has 1 unspecified atom stereocenters. The third-order valence-electron chi connectivity index (χ3n) is 3.45. The molecule has 0 spiro atoms. The molecule has 1 heterocycles. The second-order valence-electron chi connectivity index (χ2n) is 4.72. The van der Waals surface area contributed by atoms with Gasteiger partial charge in [-0.05, 0) is 40.8 Å². The second kappa shape index (κ2) is 5.78. The first-order chi connectivity index (χ1) is 8.90. The predicted octanol–water partition coefficient (Wildman–Crippen LogP) is 2.85. The molecule has 1 saturated heterocycles. The molecule has 1 fully saturated rings. The summed E-state index contributed by atoms with van der Waals surface area (Å²) in [5.74, 6) is -1.16.